The van der Waals surface area contributed by atoms with Crippen molar-refractivity contribution in [1.82, 2.24) is 9.97 Å². The van der Waals surface area contributed by atoms with Crippen LogP contribution in [0, 0.1) is 6.92 Å². The Bertz CT molecular complexity index is 1390. The van der Waals surface area contributed by atoms with E-state index in [9.17, 15) is 9.90 Å². The van der Waals surface area contributed by atoms with Gasteiger partial charge in [-0.2, -0.15) is 4.98 Å². The molecule has 1 aromatic heterocycles. The van der Waals surface area contributed by atoms with Crippen molar-refractivity contribution in [2.75, 3.05) is 20.5 Å². The first-order valence-electron chi connectivity index (χ1n) is 12.4. The van der Waals surface area contributed by atoms with Crippen LogP contribution >= 0.6 is 0 Å². The number of methoxy groups -OCH3 is 1. The summed E-state index contributed by atoms with van der Waals surface area (Å²) in [6, 6.07) is 25.5. The Morgan fingerprint density at radius 3 is 2.26 bits per heavy atom. The fraction of sp³-hybridized carbons (Fsp3) is 0.233. The summed E-state index contributed by atoms with van der Waals surface area (Å²) in [6.07, 6.45) is -1.07. The maximum absolute atomic E-state index is 13.0. The molecular weight excluding hydrogens is 500 g/mol. The van der Waals surface area contributed by atoms with Gasteiger partial charge >= 0.3 is 12.0 Å². The van der Waals surface area contributed by atoms with Crippen LogP contribution in [0.1, 0.15) is 22.4 Å². The highest BCUT2D eigenvalue weighted by molar-refractivity contribution is 5.76. The summed E-state index contributed by atoms with van der Waals surface area (Å²) in [7, 11) is 1.47. The number of hydrogen-bond donors (Lipinski definition) is 1. The number of hydrogen-bond acceptors (Lipinski definition) is 8. The molecule has 200 valence electrons. The molecule has 0 radical (unpaired) electrons. The van der Waals surface area contributed by atoms with Crippen molar-refractivity contribution in [3.05, 3.63) is 107 Å². The van der Waals surface area contributed by atoms with Crippen LogP contribution in [0.5, 0.6) is 23.4 Å². The highest BCUT2D eigenvalue weighted by Crippen LogP contribution is 2.40. The number of ether oxygens (including phenoxy) is 5. The number of rotatable bonds is 11. The normalized spacial score (nSPS) is 13.1. The molecule has 4 aromatic rings. The number of carboxylic acid groups (broad SMARTS) is 1. The monoisotopic (exact) mass is 528 g/mol. The molecule has 1 unspecified atom stereocenters. The molecule has 0 bridgehead atoms. The van der Waals surface area contributed by atoms with Crippen molar-refractivity contribution in [3.8, 4) is 23.4 Å². The van der Waals surface area contributed by atoms with E-state index in [1.165, 1.54) is 7.11 Å². The first kappa shape index (κ1) is 26.0. The molecule has 0 aliphatic carbocycles. The molecule has 0 spiro atoms. The highest BCUT2D eigenvalue weighted by Gasteiger charge is 2.50. The van der Waals surface area contributed by atoms with Gasteiger partial charge in [0.05, 0.1) is 13.7 Å². The van der Waals surface area contributed by atoms with Crippen LogP contribution in [-0.4, -0.2) is 47.7 Å². The molecule has 1 aliphatic heterocycles. The van der Waals surface area contributed by atoms with E-state index in [0.29, 0.717) is 34.7 Å². The van der Waals surface area contributed by atoms with Crippen molar-refractivity contribution in [2.45, 2.75) is 25.0 Å². The molecule has 39 heavy (non-hydrogen) atoms. The van der Waals surface area contributed by atoms with E-state index in [4.69, 9.17) is 23.7 Å². The number of carbonyl (C=O) groups is 1. The molecule has 9 heteroatoms. The summed E-state index contributed by atoms with van der Waals surface area (Å²) >= 11 is 0. The average Bonchev–Trinajstić information content (AvgIpc) is 3.43. The maximum atomic E-state index is 13.0. The van der Waals surface area contributed by atoms with Crippen LogP contribution in [0.2, 0.25) is 0 Å². The average molecular weight is 529 g/mol. The van der Waals surface area contributed by atoms with Gasteiger partial charge in [-0.3, -0.25) is 0 Å². The van der Waals surface area contributed by atoms with E-state index in [2.05, 4.69) is 9.97 Å². The summed E-state index contributed by atoms with van der Waals surface area (Å²) in [4.78, 5) is 21.5. The van der Waals surface area contributed by atoms with Gasteiger partial charge in [0, 0.05) is 11.8 Å². The molecule has 3 aromatic carbocycles. The Morgan fingerprint density at radius 1 is 0.949 bits per heavy atom. The summed E-state index contributed by atoms with van der Waals surface area (Å²) in [5, 5.41) is 10.6. The van der Waals surface area contributed by atoms with Gasteiger partial charge in [0.1, 0.15) is 0 Å². The highest BCUT2D eigenvalue weighted by atomic mass is 16.7. The SMILES string of the molecule is COc1cc(C)nc(OC(C(=O)O)C(OCCc2ccc3c(c2)OCO3)(c2ccccc2)c2ccccc2)n1. The summed E-state index contributed by atoms with van der Waals surface area (Å²) < 4.78 is 28.9. The Hall–Kier alpha value is -4.63. The second-order valence-electron chi connectivity index (χ2n) is 8.92. The molecule has 5 rings (SSSR count). The third kappa shape index (κ3) is 5.49. The van der Waals surface area contributed by atoms with Gasteiger partial charge in [0.25, 0.3) is 0 Å². The Morgan fingerprint density at radius 2 is 1.62 bits per heavy atom. The van der Waals surface area contributed by atoms with Gasteiger partial charge in [-0.05, 0) is 42.2 Å². The zero-order valence-electron chi connectivity index (χ0n) is 21.6. The minimum atomic E-state index is -1.55. The molecule has 2 heterocycles. The lowest BCUT2D eigenvalue weighted by atomic mass is 9.81. The van der Waals surface area contributed by atoms with E-state index >= 15 is 0 Å². The zero-order valence-corrected chi connectivity index (χ0v) is 21.6. The smallest absolute Gasteiger partial charge is 0.348 e. The number of nitrogens with zero attached hydrogens (tertiary/aromatic N) is 2. The number of aromatic nitrogens is 2. The zero-order chi connectivity index (χ0) is 27.2. The van der Waals surface area contributed by atoms with E-state index in [1.807, 2.05) is 78.9 Å². The van der Waals surface area contributed by atoms with Crippen LogP contribution in [0.15, 0.2) is 84.9 Å². The van der Waals surface area contributed by atoms with E-state index in [0.717, 1.165) is 5.56 Å². The van der Waals surface area contributed by atoms with E-state index in [-0.39, 0.29) is 25.3 Å². The first-order chi connectivity index (χ1) is 19.0. The Kier molecular flexibility index (Phi) is 7.60. The molecule has 1 aliphatic rings. The van der Waals surface area contributed by atoms with Crippen LogP contribution < -0.4 is 18.9 Å². The van der Waals surface area contributed by atoms with Crippen molar-refractivity contribution < 1.29 is 33.6 Å². The van der Waals surface area contributed by atoms with Crippen molar-refractivity contribution in [1.29, 1.82) is 0 Å². The first-order valence-corrected chi connectivity index (χ1v) is 12.4. The van der Waals surface area contributed by atoms with Gasteiger partial charge in [0.2, 0.25) is 18.8 Å². The second kappa shape index (κ2) is 11.4. The van der Waals surface area contributed by atoms with E-state index in [1.54, 1.807) is 13.0 Å². The van der Waals surface area contributed by atoms with Crippen molar-refractivity contribution in [2.24, 2.45) is 0 Å². The molecule has 0 saturated heterocycles. The number of aliphatic carboxylic acids is 1. The summed E-state index contributed by atoms with van der Waals surface area (Å²) in [5.74, 6) is 0.378. The molecule has 9 nitrogen and oxygen atoms in total. The lowest BCUT2D eigenvalue weighted by Gasteiger charge is -2.39. The molecule has 0 amide bonds. The van der Waals surface area contributed by atoms with Crippen LogP contribution in [0.25, 0.3) is 0 Å². The lowest BCUT2D eigenvalue weighted by molar-refractivity contribution is -0.164. The minimum absolute atomic E-state index is 0.130. The summed E-state index contributed by atoms with van der Waals surface area (Å²) in [6.45, 7) is 2.11. The molecular formula is C30H28N2O7. The standard InChI is InChI=1S/C30H28N2O7/c1-20-17-26(35-2)32-29(31-20)39-27(28(33)34)30(22-9-5-3-6-10-22,23-11-7-4-8-12-23)38-16-15-21-13-14-24-25(18-21)37-19-36-24/h3-14,17-18,27H,15-16,19H2,1-2H3,(H,33,34). The van der Waals surface area contributed by atoms with E-state index < -0.39 is 17.7 Å². The third-order valence-corrected chi connectivity index (χ3v) is 6.40. The van der Waals surface area contributed by atoms with Gasteiger partial charge in [-0.1, -0.05) is 66.7 Å². The van der Waals surface area contributed by atoms with Gasteiger partial charge in [-0.25, -0.2) is 9.78 Å². The number of carboxylic acids is 1. The summed E-state index contributed by atoms with van der Waals surface area (Å²) in [5.41, 5.74) is 1.18. The second-order valence-corrected chi connectivity index (χ2v) is 8.92. The largest absolute Gasteiger partial charge is 0.481 e. The topological polar surface area (TPSA) is 109 Å². The van der Waals surface area contributed by atoms with Crippen molar-refractivity contribution >= 4 is 5.97 Å². The van der Waals surface area contributed by atoms with Crippen LogP contribution in [0.3, 0.4) is 0 Å². The molecule has 1 N–H and O–H groups in total. The quantitative estimate of drug-likeness (QED) is 0.300. The fourth-order valence-corrected chi connectivity index (χ4v) is 4.59. The fourth-order valence-electron chi connectivity index (χ4n) is 4.59. The Labute approximate surface area is 225 Å². The van der Waals surface area contributed by atoms with Crippen LogP contribution in [-0.2, 0) is 21.6 Å². The van der Waals surface area contributed by atoms with Gasteiger partial charge < -0.3 is 28.8 Å². The molecule has 0 saturated carbocycles. The molecule has 0 fully saturated rings. The number of fused-ring (bicyclic) bond motifs is 1. The third-order valence-electron chi connectivity index (χ3n) is 6.40. The predicted octanol–water partition coefficient (Wildman–Crippen LogP) is 4.56. The predicted molar refractivity (Wildman–Crippen MR) is 141 cm³/mol. The number of aryl methyl sites for hydroxylation is 1. The van der Waals surface area contributed by atoms with Crippen molar-refractivity contribution in [3.63, 3.8) is 0 Å². The van der Waals surface area contributed by atoms with Crippen LogP contribution in [0.4, 0.5) is 0 Å². The van der Waals surface area contributed by atoms with Gasteiger partial charge in [-0.15, -0.1) is 0 Å². The maximum Gasteiger partial charge on any atom is 0.348 e. The molecule has 1 atom stereocenters. The minimum Gasteiger partial charge on any atom is -0.481 e. The lowest BCUT2D eigenvalue weighted by Crippen LogP contribution is -2.51. The number of benzene rings is 3. The Balaban J connectivity index is 1.57. The van der Waals surface area contributed by atoms with Gasteiger partial charge in [0.15, 0.2) is 17.1 Å².